The molecule has 1 atom stereocenters. The Kier molecular flexibility index (Phi) is 6.11. The molecule has 0 radical (unpaired) electrons. The molecular weight excluding hydrogens is 401 g/mol. The normalized spacial score (nSPS) is 12.6. The van der Waals surface area contributed by atoms with Crippen LogP contribution in [-0.2, 0) is 17.5 Å². The van der Waals surface area contributed by atoms with Gasteiger partial charge in [-0.3, -0.25) is 4.79 Å². The molecule has 0 fully saturated rings. The summed E-state index contributed by atoms with van der Waals surface area (Å²) in [5.74, 6) is 0.216. The van der Waals surface area contributed by atoms with Gasteiger partial charge in [-0.15, -0.1) is 5.10 Å². The summed E-state index contributed by atoms with van der Waals surface area (Å²) < 4.78 is 45.6. The summed E-state index contributed by atoms with van der Waals surface area (Å²) in [4.78, 5) is 25.2. The summed E-state index contributed by atoms with van der Waals surface area (Å²) in [7, 11) is 1.49. The third kappa shape index (κ3) is 4.79. The van der Waals surface area contributed by atoms with Crippen molar-refractivity contribution in [1.82, 2.24) is 30.0 Å². The van der Waals surface area contributed by atoms with Crippen molar-refractivity contribution in [2.45, 2.75) is 32.7 Å². The van der Waals surface area contributed by atoms with Gasteiger partial charge in [-0.1, -0.05) is 0 Å². The summed E-state index contributed by atoms with van der Waals surface area (Å²) in [5, 5.41) is 6.95. The lowest BCUT2D eigenvalue weighted by Crippen LogP contribution is -2.29. The zero-order valence-electron chi connectivity index (χ0n) is 16.4. The number of carbonyl (C=O) groups excluding carboxylic acids is 1. The molecule has 1 N–H and O–H groups in total. The second kappa shape index (κ2) is 8.57. The maximum absolute atomic E-state index is 13.1. The van der Waals surface area contributed by atoms with Gasteiger partial charge in [0.05, 0.1) is 11.6 Å². The Bertz CT molecular complexity index is 1040. The van der Waals surface area contributed by atoms with E-state index in [4.69, 9.17) is 4.74 Å². The average molecular weight is 420 g/mol. The van der Waals surface area contributed by atoms with Gasteiger partial charge in [-0.05, 0) is 43.7 Å². The first-order valence-corrected chi connectivity index (χ1v) is 8.91. The minimum absolute atomic E-state index is 0.103. The first-order valence-electron chi connectivity index (χ1n) is 8.91. The number of carbonyl (C=O) groups is 1. The third-order valence-corrected chi connectivity index (χ3v) is 4.09. The van der Waals surface area contributed by atoms with Gasteiger partial charge >= 0.3 is 6.18 Å². The Morgan fingerprint density at radius 3 is 2.57 bits per heavy atom. The first kappa shape index (κ1) is 21.4. The smallest absolute Gasteiger partial charge is 0.377 e. The highest BCUT2D eigenvalue weighted by Gasteiger charge is 2.31. The van der Waals surface area contributed by atoms with E-state index in [0.29, 0.717) is 17.2 Å². The molecule has 3 aromatic rings. The third-order valence-electron chi connectivity index (χ3n) is 4.09. The standard InChI is InChI=1S/C19H19F3N6O2/c1-11-7-13(9-14(8-11)19(20,21)22)17(29)25-12(2)16-26-15(10-30-3)27-28(16)18-23-5-4-6-24-18/h4-9,12H,10H2,1-3H3,(H,25,29). The lowest BCUT2D eigenvalue weighted by atomic mass is 10.1. The second-order valence-electron chi connectivity index (χ2n) is 6.56. The zero-order chi connectivity index (χ0) is 21.9. The van der Waals surface area contributed by atoms with Crippen LogP contribution >= 0.6 is 0 Å². The number of methoxy groups -OCH3 is 1. The highest BCUT2D eigenvalue weighted by molar-refractivity contribution is 5.94. The molecule has 30 heavy (non-hydrogen) atoms. The van der Waals surface area contributed by atoms with Gasteiger partial charge in [0.25, 0.3) is 11.9 Å². The number of amides is 1. The van der Waals surface area contributed by atoms with Crippen LogP contribution in [0, 0.1) is 6.92 Å². The number of nitrogens with zero attached hydrogens (tertiary/aromatic N) is 5. The topological polar surface area (TPSA) is 94.8 Å². The molecule has 3 rings (SSSR count). The maximum atomic E-state index is 13.1. The van der Waals surface area contributed by atoms with Crippen molar-refractivity contribution in [1.29, 1.82) is 0 Å². The van der Waals surface area contributed by atoms with Gasteiger partial charge in [0.15, 0.2) is 11.6 Å². The molecular formula is C19H19F3N6O2. The zero-order valence-corrected chi connectivity index (χ0v) is 16.4. The van der Waals surface area contributed by atoms with E-state index in [0.717, 1.165) is 12.1 Å². The van der Waals surface area contributed by atoms with Gasteiger partial charge < -0.3 is 10.1 Å². The minimum atomic E-state index is -4.55. The quantitative estimate of drug-likeness (QED) is 0.659. The number of nitrogens with one attached hydrogen (secondary N) is 1. The van der Waals surface area contributed by atoms with E-state index >= 15 is 0 Å². The van der Waals surface area contributed by atoms with E-state index in [1.165, 1.54) is 37.2 Å². The number of aryl methyl sites for hydroxylation is 1. The maximum Gasteiger partial charge on any atom is 0.416 e. The van der Waals surface area contributed by atoms with E-state index in [9.17, 15) is 18.0 Å². The molecule has 0 aliphatic carbocycles. The first-order chi connectivity index (χ1) is 14.2. The molecule has 0 aliphatic heterocycles. The average Bonchev–Trinajstić information content (AvgIpc) is 3.12. The molecule has 0 saturated heterocycles. The van der Waals surface area contributed by atoms with Crippen LogP contribution in [0.5, 0.6) is 0 Å². The highest BCUT2D eigenvalue weighted by Crippen LogP contribution is 2.30. The summed E-state index contributed by atoms with van der Waals surface area (Å²) in [6.45, 7) is 3.26. The van der Waals surface area contributed by atoms with Gasteiger partial charge in [-0.2, -0.15) is 17.9 Å². The molecule has 2 heterocycles. The fraction of sp³-hybridized carbons (Fsp3) is 0.316. The van der Waals surface area contributed by atoms with Crippen molar-refractivity contribution in [3.63, 3.8) is 0 Å². The van der Waals surface area contributed by atoms with Crippen molar-refractivity contribution in [2.24, 2.45) is 0 Å². The molecule has 1 amide bonds. The molecule has 8 nitrogen and oxygen atoms in total. The van der Waals surface area contributed by atoms with Crippen LogP contribution in [0.3, 0.4) is 0 Å². The molecule has 158 valence electrons. The van der Waals surface area contributed by atoms with Crippen molar-refractivity contribution in [3.8, 4) is 5.95 Å². The molecule has 0 aliphatic rings. The number of alkyl halides is 3. The van der Waals surface area contributed by atoms with Crippen LogP contribution in [0.15, 0.2) is 36.7 Å². The fourth-order valence-corrected chi connectivity index (χ4v) is 2.81. The van der Waals surface area contributed by atoms with Gasteiger partial charge in [0.1, 0.15) is 6.61 Å². The van der Waals surface area contributed by atoms with Crippen LogP contribution in [0.4, 0.5) is 13.2 Å². The Labute approximate surface area is 170 Å². The van der Waals surface area contributed by atoms with Crippen molar-refractivity contribution < 1.29 is 22.7 Å². The number of ether oxygens (including phenoxy) is 1. The number of hydrogen-bond acceptors (Lipinski definition) is 6. The number of hydrogen-bond donors (Lipinski definition) is 1. The van der Waals surface area contributed by atoms with Crippen LogP contribution in [0.1, 0.15) is 46.1 Å². The summed E-state index contributed by atoms with van der Waals surface area (Å²) in [6, 6.07) is 4.13. The summed E-state index contributed by atoms with van der Waals surface area (Å²) in [5.41, 5.74) is -0.664. The lowest BCUT2D eigenvalue weighted by molar-refractivity contribution is -0.137. The van der Waals surface area contributed by atoms with Crippen LogP contribution in [-0.4, -0.2) is 37.7 Å². The van der Waals surface area contributed by atoms with Gasteiger partial charge in [0, 0.05) is 25.1 Å². The van der Waals surface area contributed by atoms with E-state index in [1.807, 2.05) is 0 Å². The summed E-state index contributed by atoms with van der Waals surface area (Å²) >= 11 is 0. The van der Waals surface area contributed by atoms with Crippen molar-refractivity contribution >= 4 is 5.91 Å². The number of aromatic nitrogens is 5. The van der Waals surface area contributed by atoms with Crippen LogP contribution in [0.25, 0.3) is 5.95 Å². The Morgan fingerprint density at radius 1 is 1.23 bits per heavy atom. The van der Waals surface area contributed by atoms with Gasteiger partial charge in [-0.25, -0.2) is 15.0 Å². The monoisotopic (exact) mass is 420 g/mol. The second-order valence-corrected chi connectivity index (χ2v) is 6.56. The number of benzene rings is 1. The predicted molar refractivity (Wildman–Crippen MR) is 99.7 cm³/mol. The van der Waals surface area contributed by atoms with Gasteiger partial charge in [0.2, 0.25) is 0 Å². The Morgan fingerprint density at radius 2 is 1.93 bits per heavy atom. The highest BCUT2D eigenvalue weighted by atomic mass is 19.4. The van der Waals surface area contributed by atoms with Crippen LogP contribution in [0.2, 0.25) is 0 Å². The molecule has 0 bridgehead atoms. The van der Waals surface area contributed by atoms with Crippen molar-refractivity contribution in [3.05, 3.63) is 65.0 Å². The molecule has 0 spiro atoms. The molecule has 1 unspecified atom stereocenters. The Balaban J connectivity index is 1.90. The molecule has 1 aromatic carbocycles. The van der Waals surface area contributed by atoms with E-state index in [-0.39, 0.29) is 18.1 Å². The SMILES string of the molecule is COCc1nc(C(C)NC(=O)c2cc(C)cc(C(F)(F)F)c2)n(-c2ncccn2)n1. The number of halogens is 3. The summed E-state index contributed by atoms with van der Waals surface area (Å²) in [6.07, 6.45) is -1.50. The minimum Gasteiger partial charge on any atom is -0.377 e. The number of rotatable bonds is 6. The molecule has 0 saturated carbocycles. The fourth-order valence-electron chi connectivity index (χ4n) is 2.81. The van der Waals surface area contributed by atoms with Crippen molar-refractivity contribution in [2.75, 3.05) is 7.11 Å². The van der Waals surface area contributed by atoms with E-state index in [2.05, 4.69) is 25.4 Å². The molecule has 2 aromatic heterocycles. The van der Waals surface area contributed by atoms with Crippen LogP contribution < -0.4 is 5.32 Å². The predicted octanol–water partition coefficient (Wildman–Crippen LogP) is 3.02. The lowest BCUT2D eigenvalue weighted by Gasteiger charge is -2.15. The molecule has 11 heteroatoms. The van der Waals surface area contributed by atoms with E-state index in [1.54, 1.807) is 13.0 Å². The Hall–Kier alpha value is -3.34. The van der Waals surface area contributed by atoms with E-state index < -0.39 is 23.7 Å². The largest absolute Gasteiger partial charge is 0.416 e.